The molecule has 0 radical (unpaired) electrons. The number of rotatable bonds is 3. The molecule has 0 unspecified atom stereocenters. The highest BCUT2D eigenvalue weighted by molar-refractivity contribution is 8.79. The van der Waals surface area contributed by atoms with Crippen LogP contribution in [0.2, 0.25) is 0 Å². The van der Waals surface area contributed by atoms with Gasteiger partial charge in [-0.3, -0.25) is 0 Å². The van der Waals surface area contributed by atoms with Gasteiger partial charge in [0.05, 0.1) is 0 Å². The summed E-state index contributed by atoms with van der Waals surface area (Å²) in [7, 11) is -5.56. The minimum atomic E-state index is -5.27. The van der Waals surface area contributed by atoms with Crippen molar-refractivity contribution >= 4 is 36.2 Å². The van der Waals surface area contributed by atoms with E-state index >= 15 is 0 Å². The monoisotopic (exact) mass is 281 g/mol. The predicted molar refractivity (Wildman–Crippen MR) is 58.1 cm³/mol. The van der Waals surface area contributed by atoms with Gasteiger partial charge in [0.15, 0.2) is 4.32 Å². The summed E-state index contributed by atoms with van der Waals surface area (Å²) < 4.78 is 57.1. The van der Waals surface area contributed by atoms with Gasteiger partial charge in [-0.25, -0.2) is 8.42 Å². The Hall–Kier alpha value is -0.0200. The summed E-state index contributed by atoms with van der Waals surface area (Å²) in [5.74, 6) is 0. The third-order valence-electron chi connectivity index (χ3n) is 1.49. The molecule has 0 rings (SSSR count). The minimum absolute atomic E-state index is 0.280. The van der Waals surface area contributed by atoms with Gasteiger partial charge in [0, 0.05) is 23.9 Å². The standard InChI is InChI=1S/C6H10F3NO2S3/c1-3-10(4-2)5(13)14-15(11,12)6(7,8)9/h3-4H2,1-2H3. The Morgan fingerprint density at radius 2 is 1.73 bits per heavy atom. The lowest BCUT2D eigenvalue weighted by molar-refractivity contribution is -0.0409. The van der Waals surface area contributed by atoms with Crippen LogP contribution in [0, 0.1) is 0 Å². The van der Waals surface area contributed by atoms with E-state index in [-0.39, 0.29) is 15.1 Å². The van der Waals surface area contributed by atoms with E-state index in [1.54, 1.807) is 13.8 Å². The SMILES string of the molecule is CCN(CC)C(=S)SS(=O)(=O)C(F)(F)F. The molecule has 0 spiro atoms. The molecule has 15 heavy (non-hydrogen) atoms. The summed E-state index contributed by atoms with van der Waals surface area (Å²) in [6, 6.07) is 0. The van der Waals surface area contributed by atoms with Crippen molar-refractivity contribution in [1.29, 1.82) is 0 Å². The van der Waals surface area contributed by atoms with Crippen LogP contribution < -0.4 is 0 Å². The summed E-state index contributed by atoms with van der Waals surface area (Å²) in [4.78, 5) is 1.36. The Morgan fingerprint density at radius 1 is 1.33 bits per heavy atom. The predicted octanol–water partition coefficient (Wildman–Crippen LogP) is 2.20. The number of thiocarbonyl (C=S) groups is 1. The van der Waals surface area contributed by atoms with E-state index in [1.807, 2.05) is 0 Å². The van der Waals surface area contributed by atoms with E-state index < -0.39 is 14.4 Å². The number of hydrogen-bond donors (Lipinski definition) is 0. The summed E-state index contributed by atoms with van der Waals surface area (Å²) >= 11 is 4.60. The Balaban J connectivity index is 4.69. The third kappa shape index (κ3) is 4.15. The Bertz CT molecular complexity index is 321. The molecular formula is C6H10F3NO2S3. The molecule has 0 N–H and O–H groups in total. The van der Waals surface area contributed by atoms with Gasteiger partial charge in [-0.2, -0.15) is 13.2 Å². The molecule has 0 saturated heterocycles. The van der Waals surface area contributed by atoms with Crippen molar-refractivity contribution in [3.8, 4) is 0 Å². The second-order valence-electron chi connectivity index (χ2n) is 2.42. The second kappa shape index (κ2) is 5.35. The van der Waals surface area contributed by atoms with E-state index in [2.05, 4.69) is 12.2 Å². The molecular weight excluding hydrogens is 271 g/mol. The lowest BCUT2D eigenvalue weighted by Crippen LogP contribution is -2.30. The van der Waals surface area contributed by atoms with Crippen LogP contribution in [0.3, 0.4) is 0 Å². The van der Waals surface area contributed by atoms with E-state index in [0.717, 1.165) is 0 Å². The van der Waals surface area contributed by atoms with Gasteiger partial charge in [0.1, 0.15) is 0 Å². The van der Waals surface area contributed by atoms with Gasteiger partial charge in [-0.15, -0.1) is 0 Å². The second-order valence-corrected chi connectivity index (χ2v) is 6.81. The highest BCUT2D eigenvalue weighted by Crippen LogP contribution is 2.33. The molecule has 0 aromatic rings. The average molecular weight is 281 g/mol. The molecule has 0 amide bonds. The zero-order valence-electron chi connectivity index (χ0n) is 8.04. The number of halogens is 3. The van der Waals surface area contributed by atoms with Gasteiger partial charge < -0.3 is 4.90 Å². The molecule has 0 heterocycles. The highest BCUT2D eigenvalue weighted by Gasteiger charge is 2.47. The summed E-state index contributed by atoms with van der Waals surface area (Å²) in [5, 5.41) is 0. The first-order valence-corrected chi connectivity index (χ1v) is 7.17. The summed E-state index contributed by atoms with van der Waals surface area (Å²) in [5.41, 5.74) is -5.27. The molecule has 90 valence electrons. The highest BCUT2D eigenvalue weighted by atomic mass is 33.1. The first kappa shape index (κ1) is 15.0. The van der Waals surface area contributed by atoms with Gasteiger partial charge in [0.25, 0.3) is 0 Å². The first-order valence-electron chi connectivity index (χ1n) is 3.95. The molecule has 0 bridgehead atoms. The van der Waals surface area contributed by atoms with Crippen LogP contribution in [0.1, 0.15) is 13.8 Å². The van der Waals surface area contributed by atoms with E-state index in [4.69, 9.17) is 0 Å². The fraction of sp³-hybridized carbons (Fsp3) is 0.833. The number of alkyl halides is 3. The van der Waals surface area contributed by atoms with Crippen LogP contribution >= 0.6 is 23.0 Å². The van der Waals surface area contributed by atoms with Crippen LogP contribution in [0.25, 0.3) is 0 Å². The minimum Gasteiger partial charge on any atom is -0.357 e. The third-order valence-corrected chi connectivity index (χ3v) is 5.20. The smallest absolute Gasteiger partial charge is 0.357 e. The van der Waals surface area contributed by atoms with Crippen LogP contribution in [-0.4, -0.2) is 36.2 Å². The maximum atomic E-state index is 12.0. The molecule has 3 nitrogen and oxygen atoms in total. The van der Waals surface area contributed by atoms with Crippen molar-refractivity contribution < 1.29 is 21.6 Å². The Labute approximate surface area is 95.3 Å². The zero-order chi connectivity index (χ0) is 12.3. The molecule has 0 aromatic carbocycles. The topological polar surface area (TPSA) is 37.4 Å². The average Bonchev–Trinajstić information content (AvgIpc) is 2.03. The van der Waals surface area contributed by atoms with Crippen LogP contribution in [0.5, 0.6) is 0 Å². The molecule has 9 heteroatoms. The number of hydrogen-bond acceptors (Lipinski definition) is 4. The maximum absolute atomic E-state index is 12.0. The van der Waals surface area contributed by atoms with Crippen molar-refractivity contribution in [2.75, 3.05) is 13.1 Å². The van der Waals surface area contributed by atoms with Crippen LogP contribution in [-0.2, 0) is 8.87 Å². The fourth-order valence-corrected chi connectivity index (χ4v) is 3.55. The summed E-state index contributed by atoms with van der Waals surface area (Å²) in [6.45, 7) is 4.10. The lowest BCUT2D eigenvalue weighted by Gasteiger charge is -2.20. The largest absolute Gasteiger partial charge is 0.507 e. The molecule has 0 aliphatic heterocycles. The van der Waals surface area contributed by atoms with E-state index in [0.29, 0.717) is 13.1 Å². The van der Waals surface area contributed by atoms with Crippen LogP contribution in [0.4, 0.5) is 13.2 Å². The zero-order valence-corrected chi connectivity index (χ0v) is 10.5. The molecule has 0 aromatic heterocycles. The molecule has 0 saturated carbocycles. The van der Waals surface area contributed by atoms with Crippen molar-refractivity contribution in [3.63, 3.8) is 0 Å². The quantitative estimate of drug-likeness (QED) is 0.585. The van der Waals surface area contributed by atoms with Crippen molar-refractivity contribution in [1.82, 2.24) is 4.90 Å². The van der Waals surface area contributed by atoms with Gasteiger partial charge in [-0.05, 0) is 13.8 Å². The normalized spacial score (nSPS) is 12.6. The summed E-state index contributed by atoms with van der Waals surface area (Å²) in [6.07, 6.45) is 0. The first-order chi connectivity index (χ1) is 6.65. The molecule has 0 aliphatic rings. The Kier molecular flexibility index (Phi) is 5.34. The number of nitrogens with zero attached hydrogens (tertiary/aromatic N) is 1. The van der Waals surface area contributed by atoms with E-state index in [9.17, 15) is 21.6 Å². The van der Waals surface area contributed by atoms with Gasteiger partial charge in [0.2, 0.25) is 0 Å². The lowest BCUT2D eigenvalue weighted by atomic mass is 10.6. The van der Waals surface area contributed by atoms with E-state index in [1.165, 1.54) is 4.90 Å². The molecule has 0 fully saturated rings. The van der Waals surface area contributed by atoms with Crippen molar-refractivity contribution in [3.05, 3.63) is 0 Å². The van der Waals surface area contributed by atoms with Crippen molar-refractivity contribution in [2.45, 2.75) is 19.4 Å². The van der Waals surface area contributed by atoms with Gasteiger partial charge >= 0.3 is 14.4 Å². The maximum Gasteiger partial charge on any atom is 0.507 e. The van der Waals surface area contributed by atoms with Crippen molar-refractivity contribution in [2.24, 2.45) is 0 Å². The Morgan fingerprint density at radius 3 is 2.00 bits per heavy atom. The molecule has 0 aliphatic carbocycles. The molecule has 0 atom stereocenters. The van der Waals surface area contributed by atoms with Gasteiger partial charge in [-0.1, -0.05) is 12.2 Å². The fourth-order valence-electron chi connectivity index (χ4n) is 0.676. The van der Waals surface area contributed by atoms with Crippen LogP contribution in [0.15, 0.2) is 0 Å².